The Labute approximate surface area is 132 Å². The van der Waals surface area contributed by atoms with Crippen LogP contribution in [-0.2, 0) is 4.79 Å². The van der Waals surface area contributed by atoms with Gasteiger partial charge in [-0.15, -0.1) is 11.3 Å². The van der Waals surface area contributed by atoms with E-state index in [9.17, 15) is 9.59 Å². The molecule has 1 N–H and O–H groups in total. The fourth-order valence-corrected chi connectivity index (χ4v) is 4.54. The first-order valence-electron chi connectivity index (χ1n) is 5.43. The van der Waals surface area contributed by atoms with Gasteiger partial charge in [-0.3, -0.25) is 9.59 Å². The molecule has 0 spiro atoms. The Kier molecular flexibility index (Phi) is 3.15. The molecule has 1 aromatic carbocycles. The zero-order valence-corrected chi connectivity index (χ0v) is 13.4. The summed E-state index contributed by atoms with van der Waals surface area (Å²) in [6.45, 7) is 1.43. The Hall–Kier alpha value is -0.920. The van der Waals surface area contributed by atoms with Crippen LogP contribution in [0.15, 0.2) is 18.2 Å². The van der Waals surface area contributed by atoms with E-state index < -0.39 is 0 Å². The predicted molar refractivity (Wildman–Crippen MR) is 85.2 cm³/mol. The summed E-state index contributed by atoms with van der Waals surface area (Å²) in [7, 11) is 0. The van der Waals surface area contributed by atoms with Gasteiger partial charge < -0.3 is 5.32 Å². The topological polar surface area (TPSA) is 46.2 Å². The molecular formula is C13H7ClINO2S. The van der Waals surface area contributed by atoms with Gasteiger partial charge in [0.1, 0.15) is 5.00 Å². The first-order chi connectivity index (χ1) is 8.99. The number of amides is 1. The molecular weight excluding hydrogens is 397 g/mol. The highest BCUT2D eigenvalue weighted by molar-refractivity contribution is 14.1. The molecule has 1 aliphatic rings. The number of nitrogens with one attached hydrogen (secondary N) is 1. The van der Waals surface area contributed by atoms with Crippen LogP contribution >= 0.6 is 45.5 Å². The predicted octanol–water partition coefficient (Wildman–Crippen LogP) is 4.18. The quantitative estimate of drug-likeness (QED) is 0.620. The van der Waals surface area contributed by atoms with Crippen molar-refractivity contribution in [3.8, 4) is 11.1 Å². The molecule has 0 bridgehead atoms. The highest BCUT2D eigenvalue weighted by atomic mass is 127. The standard InChI is InChI=1S/C13H7ClINO2S/c1-5(17)16-13-10-9(12(15)19-13)8-4-6(14)2-3-7(8)11(10)18/h2-4H,1H3,(H,16,17). The van der Waals surface area contributed by atoms with E-state index in [1.54, 1.807) is 18.2 Å². The molecule has 96 valence electrons. The van der Waals surface area contributed by atoms with Crippen molar-refractivity contribution in [2.24, 2.45) is 0 Å². The number of anilines is 1. The van der Waals surface area contributed by atoms with E-state index in [0.29, 0.717) is 21.2 Å². The van der Waals surface area contributed by atoms with Crippen LogP contribution < -0.4 is 5.32 Å². The van der Waals surface area contributed by atoms with Gasteiger partial charge in [0, 0.05) is 23.1 Å². The monoisotopic (exact) mass is 403 g/mol. The Bertz CT molecular complexity index is 738. The van der Waals surface area contributed by atoms with Crippen molar-refractivity contribution in [1.29, 1.82) is 0 Å². The third-order valence-electron chi connectivity index (χ3n) is 2.88. The maximum absolute atomic E-state index is 12.4. The number of ketones is 1. The molecule has 1 aliphatic carbocycles. The lowest BCUT2D eigenvalue weighted by molar-refractivity contribution is -0.114. The second-order valence-electron chi connectivity index (χ2n) is 4.16. The smallest absolute Gasteiger partial charge is 0.221 e. The second kappa shape index (κ2) is 4.57. The molecule has 3 rings (SSSR count). The molecule has 3 nitrogen and oxygen atoms in total. The van der Waals surface area contributed by atoms with Crippen molar-refractivity contribution in [2.75, 3.05) is 5.32 Å². The maximum Gasteiger partial charge on any atom is 0.221 e. The van der Waals surface area contributed by atoms with Gasteiger partial charge in [0.05, 0.1) is 8.45 Å². The summed E-state index contributed by atoms with van der Waals surface area (Å²) < 4.78 is 0.978. The van der Waals surface area contributed by atoms with Crippen molar-refractivity contribution < 1.29 is 9.59 Å². The Morgan fingerprint density at radius 1 is 1.32 bits per heavy atom. The molecule has 1 heterocycles. The molecule has 2 aromatic rings. The van der Waals surface area contributed by atoms with Gasteiger partial charge in [-0.2, -0.15) is 0 Å². The number of hydrogen-bond acceptors (Lipinski definition) is 3. The first-order valence-corrected chi connectivity index (χ1v) is 7.71. The third kappa shape index (κ3) is 2.00. The maximum atomic E-state index is 12.4. The SMILES string of the molecule is CC(=O)Nc1sc(I)c2c1C(=O)c1ccc(Cl)cc1-2. The lowest BCUT2D eigenvalue weighted by Crippen LogP contribution is -2.07. The summed E-state index contributed by atoms with van der Waals surface area (Å²) in [5.74, 6) is -0.230. The van der Waals surface area contributed by atoms with Gasteiger partial charge in [-0.05, 0) is 46.4 Å². The molecule has 19 heavy (non-hydrogen) atoms. The number of carbonyl (C=O) groups is 2. The first kappa shape index (κ1) is 13.1. The minimum atomic E-state index is -0.178. The average molecular weight is 404 g/mol. The Balaban J connectivity index is 2.26. The zero-order valence-electron chi connectivity index (χ0n) is 9.71. The second-order valence-corrected chi connectivity index (χ2v) is 7.42. The van der Waals surface area contributed by atoms with Crippen molar-refractivity contribution in [3.05, 3.63) is 37.2 Å². The lowest BCUT2D eigenvalue weighted by atomic mass is 10.1. The molecule has 1 aromatic heterocycles. The van der Waals surface area contributed by atoms with Gasteiger partial charge in [0.25, 0.3) is 0 Å². The summed E-state index contributed by atoms with van der Waals surface area (Å²) in [6, 6.07) is 5.24. The molecule has 0 saturated heterocycles. The van der Waals surface area contributed by atoms with E-state index in [1.165, 1.54) is 18.3 Å². The van der Waals surface area contributed by atoms with E-state index in [1.807, 2.05) is 0 Å². The van der Waals surface area contributed by atoms with Crippen LogP contribution in [-0.4, -0.2) is 11.7 Å². The fraction of sp³-hybridized carbons (Fsp3) is 0.0769. The van der Waals surface area contributed by atoms with Crippen LogP contribution in [0, 0.1) is 2.88 Å². The minimum Gasteiger partial charge on any atom is -0.317 e. The fourth-order valence-electron chi connectivity index (χ4n) is 2.16. The van der Waals surface area contributed by atoms with Crippen molar-refractivity contribution in [3.63, 3.8) is 0 Å². The number of carbonyl (C=O) groups excluding carboxylic acids is 2. The lowest BCUT2D eigenvalue weighted by Gasteiger charge is -2.00. The Morgan fingerprint density at radius 2 is 2.05 bits per heavy atom. The van der Waals surface area contributed by atoms with Gasteiger partial charge in [0.2, 0.25) is 5.91 Å². The number of thiophene rings is 1. The summed E-state index contributed by atoms with van der Waals surface area (Å²) in [5, 5.41) is 3.94. The summed E-state index contributed by atoms with van der Waals surface area (Å²) in [4.78, 5) is 23.6. The van der Waals surface area contributed by atoms with E-state index in [2.05, 4.69) is 27.9 Å². The van der Waals surface area contributed by atoms with E-state index in [-0.39, 0.29) is 11.7 Å². The number of hydrogen-bond donors (Lipinski definition) is 1. The normalized spacial score (nSPS) is 12.3. The van der Waals surface area contributed by atoms with Gasteiger partial charge >= 0.3 is 0 Å². The number of halogens is 2. The molecule has 0 atom stereocenters. The third-order valence-corrected chi connectivity index (χ3v) is 5.21. The molecule has 0 fully saturated rings. The molecule has 0 saturated carbocycles. The summed E-state index contributed by atoms with van der Waals surface area (Å²) >= 11 is 9.59. The minimum absolute atomic E-state index is 0.0513. The highest BCUT2D eigenvalue weighted by Crippen LogP contribution is 2.48. The van der Waals surface area contributed by atoms with Gasteiger partial charge in [-0.1, -0.05) is 11.6 Å². The van der Waals surface area contributed by atoms with Crippen LogP contribution in [0.5, 0.6) is 0 Å². The average Bonchev–Trinajstić information content (AvgIpc) is 2.77. The Morgan fingerprint density at radius 3 is 2.74 bits per heavy atom. The molecule has 0 unspecified atom stereocenters. The van der Waals surface area contributed by atoms with Crippen molar-refractivity contribution in [1.82, 2.24) is 0 Å². The zero-order chi connectivity index (χ0) is 13.7. The largest absolute Gasteiger partial charge is 0.317 e. The van der Waals surface area contributed by atoms with E-state index >= 15 is 0 Å². The summed E-state index contributed by atoms with van der Waals surface area (Å²) in [5.41, 5.74) is 2.97. The number of fused-ring (bicyclic) bond motifs is 3. The van der Waals surface area contributed by atoms with Crippen LogP contribution in [0.4, 0.5) is 5.00 Å². The van der Waals surface area contributed by atoms with Crippen LogP contribution in [0.2, 0.25) is 5.02 Å². The number of rotatable bonds is 1. The van der Waals surface area contributed by atoms with Gasteiger partial charge in [-0.25, -0.2) is 0 Å². The molecule has 6 heteroatoms. The molecule has 1 amide bonds. The van der Waals surface area contributed by atoms with Crippen LogP contribution in [0.25, 0.3) is 11.1 Å². The van der Waals surface area contributed by atoms with Gasteiger partial charge in [0.15, 0.2) is 5.78 Å². The summed E-state index contributed by atoms with van der Waals surface area (Å²) in [6.07, 6.45) is 0. The highest BCUT2D eigenvalue weighted by Gasteiger charge is 2.34. The van der Waals surface area contributed by atoms with Crippen LogP contribution in [0.1, 0.15) is 22.8 Å². The number of benzene rings is 1. The van der Waals surface area contributed by atoms with Crippen molar-refractivity contribution >= 4 is 62.2 Å². The molecule has 0 aliphatic heterocycles. The van der Waals surface area contributed by atoms with E-state index in [4.69, 9.17) is 11.6 Å². The van der Waals surface area contributed by atoms with Crippen LogP contribution in [0.3, 0.4) is 0 Å². The van der Waals surface area contributed by atoms with E-state index in [0.717, 1.165) is 14.0 Å². The van der Waals surface area contributed by atoms with Crippen molar-refractivity contribution in [2.45, 2.75) is 6.92 Å². The molecule has 0 radical (unpaired) electrons.